The maximum Gasteiger partial charge on any atom is 0.0998 e. The monoisotopic (exact) mass is 177 g/mol. The molecule has 1 aliphatic rings. The minimum atomic E-state index is 0.759. The fraction of sp³-hybridized carbons (Fsp3) is 0. The van der Waals surface area contributed by atoms with Crippen LogP contribution in [0.4, 0.5) is 0 Å². The van der Waals surface area contributed by atoms with Crippen molar-refractivity contribution in [2.45, 2.75) is 0 Å². The highest BCUT2D eigenvalue weighted by Crippen LogP contribution is 2.32. The molecule has 64 valence electrons. The second-order valence-electron chi connectivity index (χ2n) is 3.42. The average molecular weight is 177 g/mol. The third kappa shape index (κ3) is 0.777. The Bertz CT molecular complexity index is 588. The first-order chi connectivity index (χ1) is 6.90. The largest absolute Gasteiger partial charge is 0.192 e. The summed E-state index contributed by atoms with van der Waals surface area (Å²) in [5.74, 6) is 0. The van der Waals surface area contributed by atoms with Crippen molar-refractivity contribution in [3.8, 4) is 6.07 Å². The summed E-state index contributed by atoms with van der Waals surface area (Å²) in [6, 6.07) is 12.2. The van der Waals surface area contributed by atoms with E-state index in [0.717, 1.165) is 10.9 Å². The van der Waals surface area contributed by atoms with E-state index in [1.54, 1.807) is 0 Å². The van der Waals surface area contributed by atoms with Gasteiger partial charge in [-0.1, -0.05) is 36.4 Å². The highest BCUT2D eigenvalue weighted by Gasteiger charge is 2.10. The van der Waals surface area contributed by atoms with Gasteiger partial charge in [0.25, 0.3) is 0 Å². The van der Waals surface area contributed by atoms with E-state index in [0.29, 0.717) is 0 Å². The van der Waals surface area contributed by atoms with Crippen LogP contribution >= 0.6 is 0 Å². The highest BCUT2D eigenvalue weighted by molar-refractivity contribution is 6.06. The van der Waals surface area contributed by atoms with Gasteiger partial charge in [-0.15, -0.1) is 0 Å². The molecule has 0 saturated heterocycles. The third-order valence-corrected chi connectivity index (χ3v) is 2.67. The summed E-state index contributed by atoms with van der Waals surface area (Å²) in [6.07, 6.45) is 4.19. The van der Waals surface area contributed by atoms with Crippen molar-refractivity contribution in [2.75, 3.05) is 0 Å². The van der Waals surface area contributed by atoms with E-state index in [2.05, 4.69) is 24.3 Å². The van der Waals surface area contributed by atoms with Gasteiger partial charge in [-0.3, -0.25) is 0 Å². The molecule has 2 aromatic carbocycles. The quantitative estimate of drug-likeness (QED) is 0.517. The smallest absolute Gasteiger partial charge is 0.0998 e. The van der Waals surface area contributed by atoms with E-state index >= 15 is 0 Å². The van der Waals surface area contributed by atoms with Crippen LogP contribution in [-0.4, -0.2) is 0 Å². The number of nitriles is 1. The van der Waals surface area contributed by atoms with E-state index in [-0.39, 0.29) is 0 Å². The topological polar surface area (TPSA) is 23.8 Å². The minimum absolute atomic E-state index is 0.759. The van der Waals surface area contributed by atoms with Crippen molar-refractivity contribution in [3.63, 3.8) is 0 Å². The number of benzene rings is 2. The van der Waals surface area contributed by atoms with Gasteiger partial charge in [-0.05, 0) is 22.6 Å². The Balaban J connectivity index is 2.59. The van der Waals surface area contributed by atoms with Gasteiger partial charge in [-0.25, -0.2) is 0 Å². The molecule has 0 heterocycles. The number of nitrogens with zero attached hydrogens (tertiary/aromatic N) is 1. The zero-order valence-corrected chi connectivity index (χ0v) is 7.49. The van der Waals surface area contributed by atoms with Gasteiger partial charge in [0.1, 0.15) is 0 Å². The van der Waals surface area contributed by atoms with Crippen molar-refractivity contribution in [1.82, 2.24) is 0 Å². The van der Waals surface area contributed by atoms with Gasteiger partial charge >= 0.3 is 0 Å². The van der Waals surface area contributed by atoms with Crippen molar-refractivity contribution >= 4 is 22.9 Å². The molecule has 0 unspecified atom stereocenters. The molecule has 0 spiro atoms. The molecule has 0 radical (unpaired) electrons. The second kappa shape index (κ2) is 2.46. The molecule has 0 N–H and O–H groups in total. The Kier molecular flexibility index (Phi) is 1.29. The molecule has 1 heteroatoms. The number of hydrogen-bond donors (Lipinski definition) is 0. The second-order valence-corrected chi connectivity index (χ2v) is 3.42. The molecule has 1 nitrogen and oxygen atoms in total. The molecule has 0 amide bonds. The van der Waals surface area contributed by atoms with Crippen LogP contribution in [0.2, 0.25) is 0 Å². The molecule has 1 aliphatic carbocycles. The van der Waals surface area contributed by atoms with Gasteiger partial charge < -0.3 is 0 Å². The summed E-state index contributed by atoms with van der Waals surface area (Å²) in [4.78, 5) is 0. The summed E-state index contributed by atoms with van der Waals surface area (Å²) in [5.41, 5.74) is 3.19. The zero-order valence-electron chi connectivity index (χ0n) is 7.49. The van der Waals surface area contributed by atoms with Crippen LogP contribution in [0.1, 0.15) is 16.7 Å². The van der Waals surface area contributed by atoms with Gasteiger partial charge in [0.05, 0.1) is 11.6 Å². The summed E-state index contributed by atoms with van der Waals surface area (Å²) >= 11 is 0. The molecule has 0 atom stereocenters. The van der Waals surface area contributed by atoms with Crippen molar-refractivity contribution in [3.05, 3.63) is 47.0 Å². The van der Waals surface area contributed by atoms with Crippen molar-refractivity contribution in [1.29, 1.82) is 5.26 Å². The minimum Gasteiger partial charge on any atom is -0.192 e. The summed E-state index contributed by atoms with van der Waals surface area (Å²) in [5, 5.41) is 11.2. The number of hydrogen-bond acceptors (Lipinski definition) is 1. The zero-order chi connectivity index (χ0) is 9.54. The lowest BCUT2D eigenvalue weighted by atomic mass is 10.0. The predicted octanol–water partition coefficient (Wildman–Crippen LogP) is 3.20. The Labute approximate surface area is 81.9 Å². The first kappa shape index (κ1) is 7.34. The Morgan fingerprint density at radius 2 is 1.71 bits per heavy atom. The van der Waals surface area contributed by atoms with E-state index in [1.165, 1.54) is 16.5 Å². The lowest BCUT2D eigenvalue weighted by Gasteiger charge is -2.02. The molecule has 0 aromatic heterocycles. The van der Waals surface area contributed by atoms with Gasteiger partial charge in [-0.2, -0.15) is 5.26 Å². The van der Waals surface area contributed by atoms with Crippen LogP contribution in [0.3, 0.4) is 0 Å². The normalized spacial score (nSPS) is 11.9. The van der Waals surface area contributed by atoms with Crippen molar-refractivity contribution in [2.24, 2.45) is 0 Å². The standard InChI is InChI=1S/C13H7N/c14-8-11-7-6-10-5-4-9-2-1-3-12(11)13(9)10/h1-7H. The first-order valence-electron chi connectivity index (χ1n) is 4.54. The lowest BCUT2D eigenvalue weighted by molar-refractivity contribution is 1.50. The predicted molar refractivity (Wildman–Crippen MR) is 57.6 cm³/mol. The average Bonchev–Trinajstić information content (AvgIpc) is 2.65. The molecular weight excluding hydrogens is 170 g/mol. The van der Waals surface area contributed by atoms with E-state index in [9.17, 15) is 0 Å². The maximum atomic E-state index is 8.97. The molecule has 3 rings (SSSR count). The van der Waals surface area contributed by atoms with Crippen LogP contribution in [0.15, 0.2) is 30.3 Å². The highest BCUT2D eigenvalue weighted by atomic mass is 14.2. The van der Waals surface area contributed by atoms with E-state index in [1.807, 2.05) is 24.3 Å². The van der Waals surface area contributed by atoms with Crippen molar-refractivity contribution < 1.29 is 0 Å². The SMILES string of the molecule is N#Cc1ccc2c3c(cccc13)C=C2. The Morgan fingerprint density at radius 3 is 2.50 bits per heavy atom. The fourth-order valence-electron chi connectivity index (χ4n) is 2.02. The lowest BCUT2D eigenvalue weighted by Crippen LogP contribution is -1.82. The van der Waals surface area contributed by atoms with Gasteiger partial charge in [0.2, 0.25) is 0 Å². The summed E-state index contributed by atoms with van der Waals surface area (Å²) in [7, 11) is 0. The molecule has 0 bridgehead atoms. The van der Waals surface area contributed by atoms with Gasteiger partial charge in [0, 0.05) is 5.39 Å². The third-order valence-electron chi connectivity index (χ3n) is 2.67. The van der Waals surface area contributed by atoms with Crippen LogP contribution < -0.4 is 0 Å². The summed E-state index contributed by atoms with van der Waals surface area (Å²) in [6.45, 7) is 0. The van der Waals surface area contributed by atoms with Gasteiger partial charge in [0.15, 0.2) is 0 Å². The van der Waals surface area contributed by atoms with E-state index < -0.39 is 0 Å². The molecular formula is C13H7N. The fourth-order valence-corrected chi connectivity index (χ4v) is 2.02. The van der Waals surface area contributed by atoms with Crippen LogP contribution in [0, 0.1) is 11.3 Å². The molecule has 0 saturated carbocycles. The Morgan fingerprint density at radius 1 is 0.929 bits per heavy atom. The maximum absolute atomic E-state index is 8.97. The molecule has 0 fully saturated rings. The number of rotatable bonds is 0. The molecule has 0 aliphatic heterocycles. The Hall–Kier alpha value is -2.07. The van der Waals surface area contributed by atoms with Crippen LogP contribution in [0.25, 0.3) is 22.9 Å². The molecule has 2 aromatic rings. The van der Waals surface area contributed by atoms with Crippen LogP contribution in [0.5, 0.6) is 0 Å². The molecule has 14 heavy (non-hydrogen) atoms. The van der Waals surface area contributed by atoms with E-state index in [4.69, 9.17) is 5.26 Å². The first-order valence-corrected chi connectivity index (χ1v) is 4.54. The van der Waals surface area contributed by atoms with Crippen LogP contribution in [-0.2, 0) is 0 Å². The summed E-state index contributed by atoms with van der Waals surface area (Å²) < 4.78 is 0.